The van der Waals surface area contributed by atoms with Gasteiger partial charge in [0, 0.05) is 0 Å². The van der Waals surface area contributed by atoms with E-state index in [4.69, 9.17) is 10.2 Å². The van der Waals surface area contributed by atoms with Crippen LogP contribution in [0.2, 0.25) is 0 Å². The second-order valence-corrected chi connectivity index (χ2v) is 1.46. The van der Waals surface area contributed by atoms with E-state index >= 15 is 0 Å². The van der Waals surface area contributed by atoms with E-state index in [0.717, 1.165) is 0 Å². The summed E-state index contributed by atoms with van der Waals surface area (Å²) in [5.74, 6) is -1.92. The molecular weight excluding hydrogens is 131 g/mol. The minimum Gasteiger partial charge on any atom is -0.547 e. The van der Waals surface area contributed by atoms with Crippen molar-refractivity contribution in [2.75, 3.05) is 6.61 Å². The van der Waals surface area contributed by atoms with Gasteiger partial charge in [0.05, 0.1) is 12.6 Å². The van der Waals surface area contributed by atoms with Crippen LogP contribution in [-0.2, 0) is 4.79 Å². The molecule has 0 aromatic carbocycles. The van der Waals surface area contributed by atoms with Gasteiger partial charge in [0.2, 0.25) is 0 Å². The maximum atomic E-state index is 11.9. The van der Waals surface area contributed by atoms with Gasteiger partial charge in [0.25, 0.3) is 0 Å². The molecule has 0 bridgehead atoms. The first kappa shape index (κ1) is 8.32. The maximum absolute atomic E-state index is 11.9. The minimum atomic E-state index is -2.23. The molecule has 4 nitrogen and oxygen atoms in total. The van der Waals surface area contributed by atoms with Gasteiger partial charge in [-0.15, -0.1) is 0 Å². The van der Waals surface area contributed by atoms with E-state index in [9.17, 15) is 14.3 Å². The van der Waals surface area contributed by atoms with Crippen molar-refractivity contribution in [2.24, 2.45) is 0 Å². The van der Waals surface area contributed by atoms with Crippen molar-refractivity contribution in [1.29, 1.82) is 0 Å². The van der Waals surface area contributed by atoms with Gasteiger partial charge < -0.3 is 20.1 Å². The fourth-order valence-corrected chi connectivity index (χ4v) is 0.248. The third-order valence-corrected chi connectivity index (χ3v) is 0.759. The maximum Gasteiger partial charge on any atom is 0.154 e. The third-order valence-electron chi connectivity index (χ3n) is 0.759. The molecule has 0 heterocycles. The Bertz CT molecular complexity index is 105. The first-order valence-corrected chi connectivity index (χ1v) is 2.23. The summed E-state index contributed by atoms with van der Waals surface area (Å²) in [6, 6.07) is 0. The number of aliphatic hydroxyl groups is 2. The average Bonchev–Trinajstić information content (AvgIpc) is 1.84. The monoisotopic (exact) mass is 137 g/mol. The first-order chi connectivity index (χ1) is 4.09. The van der Waals surface area contributed by atoms with Crippen LogP contribution in [0.5, 0.6) is 0 Å². The molecule has 0 saturated heterocycles. The molecule has 0 radical (unpaired) electrons. The molecular formula is C4H6FO4-. The van der Waals surface area contributed by atoms with E-state index in [1.807, 2.05) is 0 Å². The number of carbonyl (C=O) groups excluding carboxylic acids is 1. The van der Waals surface area contributed by atoms with Crippen LogP contribution < -0.4 is 5.11 Å². The normalized spacial score (nSPS) is 16.8. The number of rotatable bonds is 3. The Morgan fingerprint density at radius 1 is 1.78 bits per heavy atom. The smallest absolute Gasteiger partial charge is 0.154 e. The van der Waals surface area contributed by atoms with Crippen LogP contribution >= 0.6 is 0 Å². The highest BCUT2D eigenvalue weighted by Crippen LogP contribution is 1.95. The predicted octanol–water partition coefficient (Wildman–Crippen LogP) is -2.57. The number of carbonyl (C=O) groups is 1. The molecule has 0 rings (SSSR count). The van der Waals surface area contributed by atoms with E-state index in [-0.39, 0.29) is 0 Å². The molecule has 0 spiro atoms. The fraction of sp³-hybridized carbons (Fsp3) is 0.750. The van der Waals surface area contributed by atoms with Gasteiger partial charge in [-0.2, -0.15) is 0 Å². The van der Waals surface area contributed by atoms with Crippen molar-refractivity contribution in [1.82, 2.24) is 0 Å². The van der Waals surface area contributed by atoms with Gasteiger partial charge in [-0.05, 0) is 0 Å². The molecule has 0 aromatic rings. The standard InChI is InChI=1S/C4H7FO4/c5-2(1-6)3(7)4(8)9/h2-3,6-7H,1H2,(H,8,9)/p-1/t2-,3+/m1/s1. The molecule has 0 aliphatic heterocycles. The van der Waals surface area contributed by atoms with Gasteiger partial charge in [0.15, 0.2) is 6.17 Å². The summed E-state index contributed by atoms with van der Waals surface area (Å²) in [5.41, 5.74) is 0. The molecule has 0 saturated carbocycles. The van der Waals surface area contributed by atoms with Crippen molar-refractivity contribution in [3.05, 3.63) is 0 Å². The van der Waals surface area contributed by atoms with Crippen molar-refractivity contribution in [2.45, 2.75) is 12.3 Å². The van der Waals surface area contributed by atoms with Crippen LogP contribution in [0.25, 0.3) is 0 Å². The largest absolute Gasteiger partial charge is 0.547 e. The number of hydrogen-bond donors (Lipinski definition) is 2. The summed E-state index contributed by atoms with van der Waals surface area (Å²) in [4.78, 5) is 9.59. The molecule has 0 aliphatic carbocycles. The van der Waals surface area contributed by atoms with Crippen LogP contribution in [0.4, 0.5) is 4.39 Å². The van der Waals surface area contributed by atoms with Crippen molar-refractivity contribution < 1.29 is 24.5 Å². The SMILES string of the molecule is O=C([O-])[C@@H](O)[C@H](F)CO. The lowest BCUT2D eigenvalue weighted by atomic mass is 10.2. The van der Waals surface area contributed by atoms with Gasteiger partial charge in [-0.3, -0.25) is 0 Å². The highest BCUT2D eigenvalue weighted by molar-refractivity contribution is 5.70. The zero-order valence-corrected chi connectivity index (χ0v) is 4.45. The molecule has 54 valence electrons. The second-order valence-electron chi connectivity index (χ2n) is 1.46. The quantitative estimate of drug-likeness (QED) is 0.448. The molecule has 2 atom stereocenters. The Labute approximate surface area is 50.5 Å². The molecule has 0 aromatic heterocycles. The van der Waals surface area contributed by atoms with E-state index < -0.39 is 24.9 Å². The van der Waals surface area contributed by atoms with Crippen LogP contribution in [0.1, 0.15) is 0 Å². The number of alkyl halides is 1. The zero-order valence-electron chi connectivity index (χ0n) is 4.45. The number of hydrogen-bond acceptors (Lipinski definition) is 4. The first-order valence-electron chi connectivity index (χ1n) is 2.23. The molecule has 5 heteroatoms. The van der Waals surface area contributed by atoms with E-state index in [0.29, 0.717) is 0 Å². The average molecular weight is 137 g/mol. The Balaban J connectivity index is 3.72. The van der Waals surface area contributed by atoms with Crippen molar-refractivity contribution >= 4 is 5.97 Å². The van der Waals surface area contributed by atoms with E-state index in [1.54, 1.807) is 0 Å². The number of halogens is 1. The zero-order chi connectivity index (χ0) is 7.44. The highest BCUT2D eigenvalue weighted by atomic mass is 19.1. The van der Waals surface area contributed by atoms with E-state index in [1.165, 1.54) is 0 Å². The molecule has 0 aliphatic rings. The van der Waals surface area contributed by atoms with Gasteiger partial charge >= 0.3 is 0 Å². The van der Waals surface area contributed by atoms with Crippen LogP contribution in [0.15, 0.2) is 0 Å². The summed E-state index contributed by atoms with van der Waals surface area (Å²) >= 11 is 0. The van der Waals surface area contributed by atoms with Crippen LogP contribution in [0.3, 0.4) is 0 Å². The summed E-state index contributed by atoms with van der Waals surface area (Å²) in [5, 5.41) is 25.7. The molecule has 0 unspecified atom stereocenters. The fourth-order valence-electron chi connectivity index (χ4n) is 0.248. The highest BCUT2D eigenvalue weighted by Gasteiger charge is 2.17. The Morgan fingerprint density at radius 2 is 2.22 bits per heavy atom. The summed E-state index contributed by atoms with van der Waals surface area (Å²) in [6.45, 7) is -1.02. The lowest BCUT2D eigenvalue weighted by Gasteiger charge is -2.13. The second kappa shape index (κ2) is 3.37. The van der Waals surface area contributed by atoms with Crippen molar-refractivity contribution in [3.8, 4) is 0 Å². The summed E-state index contributed by atoms with van der Waals surface area (Å²) < 4.78 is 11.9. The Morgan fingerprint density at radius 3 is 2.33 bits per heavy atom. The van der Waals surface area contributed by atoms with Gasteiger partial charge in [-0.25, -0.2) is 4.39 Å². The van der Waals surface area contributed by atoms with Crippen LogP contribution in [0, 0.1) is 0 Å². The lowest BCUT2D eigenvalue weighted by molar-refractivity contribution is -0.317. The van der Waals surface area contributed by atoms with Gasteiger partial charge in [0.1, 0.15) is 6.10 Å². The van der Waals surface area contributed by atoms with E-state index in [2.05, 4.69) is 0 Å². The Hall–Kier alpha value is -0.680. The summed E-state index contributed by atoms with van der Waals surface area (Å²) in [6.07, 6.45) is -4.38. The molecule has 0 amide bonds. The third kappa shape index (κ3) is 2.39. The number of aliphatic hydroxyl groups excluding tert-OH is 2. The lowest BCUT2D eigenvalue weighted by Crippen LogP contribution is -2.42. The molecule has 2 N–H and O–H groups in total. The van der Waals surface area contributed by atoms with Crippen LogP contribution in [-0.4, -0.2) is 35.1 Å². The predicted molar refractivity (Wildman–Crippen MR) is 23.0 cm³/mol. The topological polar surface area (TPSA) is 80.6 Å². The van der Waals surface area contributed by atoms with Crippen molar-refractivity contribution in [3.63, 3.8) is 0 Å². The summed E-state index contributed by atoms with van der Waals surface area (Å²) in [7, 11) is 0. The number of carboxylic acid groups (broad SMARTS) is 1. The Kier molecular flexibility index (Phi) is 3.11. The minimum absolute atomic E-state index is 1.02. The van der Waals surface area contributed by atoms with Gasteiger partial charge in [-0.1, -0.05) is 0 Å². The molecule has 0 fully saturated rings. The number of carboxylic acids is 1. The number of aliphatic carboxylic acids is 1. The molecule has 9 heavy (non-hydrogen) atoms.